The maximum atomic E-state index is 13.3. The van der Waals surface area contributed by atoms with E-state index in [1.165, 1.54) is 11.1 Å². The Bertz CT molecular complexity index is 952. The molecule has 5 heteroatoms. The average Bonchev–Trinajstić information content (AvgIpc) is 2.83. The van der Waals surface area contributed by atoms with Crippen LogP contribution >= 0.6 is 7.82 Å². The van der Waals surface area contributed by atoms with Gasteiger partial charge < -0.3 is 9.05 Å². The molecule has 0 fully saturated rings. The number of unbranched alkanes of at least 4 members (excludes halogenated alkanes) is 4. The fraction of sp³-hybridized carbons (Fsp3) is 0.600. The van der Waals surface area contributed by atoms with Gasteiger partial charge in [0.1, 0.15) is 11.5 Å². The van der Waals surface area contributed by atoms with Crippen LogP contribution in [0.3, 0.4) is 0 Å². The predicted octanol–water partition coefficient (Wildman–Crippen LogP) is 9.08. The first-order chi connectivity index (χ1) is 16.8. The van der Waals surface area contributed by atoms with Gasteiger partial charge in [0.05, 0.1) is 0 Å². The van der Waals surface area contributed by atoms with Crippen molar-refractivity contribution in [3.05, 3.63) is 57.6 Å². The monoisotopic (exact) mass is 500 g/mol. The summed E-state index contributed by atoms with van der Waals surface area (Å²) in [6, 6.07) is 8.79. The lowest BCUT2D eigenvalue weighted by Crippen LogP contribution is -2.14. The summed E-state index contributed by atoms with van der Waals surface area (Å²) in [4.78, 5) is 10.9. The number of benzene rings is 2. The molecule has 0 radical (unpaired) electrons. The minimum Gasteiger partial charge on any atom is -0.395 e. The van der Waals surface area contributed by atoms with Crippen LogP contribution in [0.4, 0.5) is 0 Å². The summed E-state index contributed by atoms with van der Waals surface area (Å²) in [5.74, 6) is 1.11. The van der Waals surface area contributed by atoms with Crippen molar-refractivity contribution in [2.75, 3.05) is 0 Å². The fourth-order valence-electron chi connectivity index (χ4n) is 5.00. The van der Waals surface area contributed by atoms with Crippen LogP contribution in [-0.2, 0) is 30.2 Å². The third-order valence-corrected chi connectivity index (χ3v) is 7.92. The number of hydrogen-bond acceptors (Lipinski definition) is 3. The Morgan fingerprint density at radius 3 is 1.43 bits per heavy atom. The van der Waals surface area contributed by atoms with Crippen molar-refractivity contribution < 1.29 is 18.5 Å². The average molecular weight is 501 g/mol. The lowest BCUT2D eigenvalue weighted by Gasteiger charge is -2.29. The van der Waals surface area contributed by atoms with E-state index in [4.69, 9.17) is 9.05 Å². The molecule has 194 valence electrons. The summed E-state index contributed by atoms with van der Waals surface area (Å²) < 4.78 is 25.1. The van der Waals surface area contributed by atoms with Gasteiger partial charge in [0.15, 0.2) is 0 Å². The van der Waals surface area contributed by atoms with Crippen LogP contribution in [0.25, 0.3) is 0 Å². The van der Waals surface area contributed by atoms with Crippen LogP contribution < -0.4 is 9.05 Å². The van der Waals surface area contributed by atoms with E-state index in [0.29, 0.717) is 11.5 Å². The van der Waals surface area contributed by atoms with E-state index in [1.54, 1.807) is 0 Å². The van der Waals surface area contributed by atoms with Crippen molar-refractivity contribution in [2.24, 2.45) is 0 Å². The predicted molar refractivity (Wildman–Crippen MR) is 146 cm³/mol. The zero-order chi connectivity index (χ0) is 25.4. The Hall–Kier alpha value is -1.77. The Morgan fingerprint density at radius 1 is 0.686 bits per heavy atom. The van der Waals surface area contributed by atoms with Gasteiger partial charge in [-0.2, -0.15) is 0 Å². The van der Waals surface area contributed by atoms with Crippen molar-refractivity contribution in [3.8, 4) is 11.5 Å². The SMILES string of the molecule is CCCCc1cc(CCCC)c2c(c1)C(C)c1cc(CCCC)cc(CCCC)c1OP(=O)(O)O2. The first kappa shape index (κ1) is 27.8. The maximum absolute atomic E-state index is 13.3. The maximum Gasteiger partial charge on any atom is 0.584 e. The molecule has 0 bridgehead atoms. The smallest absolute Gasteiger partial charge is 0.395 e. The molecule has 1 heterocycles. The van der Waals surface area contributed by atoms with Gasteiger partial charge in [-0.15, -0.1) is 0 Å². The molecule has 1 aliphatic rings. The first-order valence-electron chi connectivity index (χ1n) is 13.9. The second kappa shape index (κ2) is 13.0. The van der Waals surface area contributed by atoms with Gasteiger partial charge >= 0.3 is 7.82 Å². The molecule has 2 aromatic rings. The van der Waals surface area contributed by atoms with Crippen molar-refractivity contribution in [3.63, 3.8) is 0 Å². The Morgan fingerprint density at radius 2 is 1.06 bits per heavy atom. The Labute approximate surface area is 213 Å². The van der Waals surface area contributed by atoms with E-state index in [2.05, 4.69) is 58.9 Å². The Balaban J connectivity index is 2.22. The zero-order valence-electron chi connectivity index (χ0n) is 22.5. The summed E-state index contributed by atoms with van der Waals surface area (Å²) in [5.41, 5.74) is 6.65. The number of phosphoric ester groups is 1. The van der Waals surface area contributed by atoms with Crippen LogP contribution in [0.15, 0.2) is 24.3 Å². The van der Waals surface area contributed by atoms with Crippen LogP contribution in [0.5, 0.6) is 11.5 Å². The molecule has 0 amide bonds. The summed E-state index contributed by atoms with van der Waals surface area (Å²) in [6.07, 6.45) is 12.3. The summed E-state index contributed by atoms with van der Waals surface area (Å²) in [6.45, 7) is 10.9. The highest BCUT2D eigenvalue weighted by molar-refractivity contribution is 7.48. The molecule has 0 aliphatic carbocycles. The zero-order valence-corrected chi connectivity index (χ0v) is 23.4. The van der Waals surface area contributed by atoms with E-state index >= 15 is 0 Å². The molecule has 0 spiro atoms. The topological polar surface area (TPSA) is 55.8 Å². The minimum absolute atomic E-state index is 0.00389. The molecule has 4 nitrogen and oxygen atoms in total. The molecule has 1 N–H and O–H groups in total. The number of hydrogen-bond donors (Lipinski definition) is 1. The molecule has 1 aliphatic heterocycles. The number of fused-ring (bicyclic) bond motifs is 2. The summed E-state index contributed by atoms with van der Waals surface area (Å²) >= 11 is 0. The highest BCUT2D eigenvalue weighted by atomic mass is 31.2. The van der Waals surface area contributed by atoms with Crippen molar-refractivity contribution in [1.29, 1.82) is 0 Å². The second-order valence-electron chi connectivity index (χ2n) is 10.1. The Kier molecular flexibility index (Phi) is 10.3. The quantitative estimate of drug-likeness (QED) is 0.295. The van der Waals surface area contributed by atoms with E-state index in [1.807, 2.05) is 0 Å². The summed E-state index contributed by atoms with van der Waals surface area (Å²) in [5, 5.41) is 0. The van der Waals surface area contributed by atoms with E-state index in [0.717, 1.165) is 99.3 Å². The third kappa shape index (κ3) is 7.14. The molecule has 0 saturated carbocycles. The molecular formula is C30H45O4P. The molecule has 0 atom stereocenters. The van der Waals surface area contributed by atoms with Gasteiger partial charge in [-0.05, 0) is 73.6 Å². The molecular weight excluding hydrogens is 455 g/mol. The van der Waals surface area contributed by atoms with Gasteiger partial charge in [0.2, 0.25) is 0 Å². The molecule has 35 heavy (non-hydrogen) atoms. The fourth-order valence-corrected chi connectivity index (χ4v) is 5.95. The third-order valence-electron chi connectivity index (χ3n) is 7.09. The van der Waals surface area contributed by atoms with Gasteiger partial charge in [-0.1, -0.05) is 84.6 Å². The molecule has 3 rings (SSSR count). The normalized spacial score (nSPS) is 19.2. The van der Waals surface area contributed by atoms with E-state index < -0.39 is 7.82 Å². The first-order valence-corrected chi connectivity index (χ1v) is 15.4. The molecule has 0 saturated heterocycles. The molecule has 0 unspecified atom stereocenters. The van der Waals surface area contributed by atoms with Crippen molar-refractivity contribution in [2.45, 2.75) is 118 Å². The van der Waals surface area contributed by atoms with E-state index in [9.17, 15) is 9.46 Å². The van der Waals surface area contributed by atoms with Crippen LogP contribution in [-0.4, -0.2) is 4.89 Å². The minimum atomic E-state index is -4.34. The van der Waals surface area contributed by atoms with Crippen molar-refractivity contribution in [1.82, 2.24) is 0 Å². The summed E-state index contributed by atoms with van der Waals surface area (Å²) in [7, 11) is -4.34. The van der Waals surface area contributed by atoms with Gasteiger partial charge in [-0.25, -0.2) is 4.57 Å². The van der Waals surface area contributed by atoms with E-state index in [-0.39, 0.29) is 5.92 Å². The number of rotatable bonds is 12. The van der Waals surface area contributed by atoms with Crippen LogP contribution in [0.2, 0.25) is 0 Å². The standard InChI is InChI=1S/C30H45O4P/c1-6-10-14-23-18-25(16-12-8-3)29-27(20-23)22(5)28-21-24(15-11-7-2)19-26(17-13-9-4)30(28)34-35(31,32)33-29/h18-22H,6-17H2,1-5H3,(H,31,32). The van der Waals surface area contributed by atoms with Crippen LogP contribution in [0.1, 0.15) is 125 Å². The lowest BCUT2D eigenvalue weighted by molar-refractivity contribution is 0.283. The van der Waals surface area contributed by atoms with Gasteiger partial charge in [0, 0.05) is 17.0 Å². The van der Waals surface area contributed by atoms with Crippen LogP contribution in [0, 0.1) is 0 Å². The highest BCUT2D eigenvalue weighted by Gasteiger charge is 2.35. The second-order valence-corrected chi connectivity index (χ2v) is 11.4. The van der Waals surface area contributed by atoms with Gasteiger partial charge in [0.25, 0.3) is 0 Å². The molecule has 2 aromatic carbocycles. The lowest BCUT2D eigenvalue weighted by atomic mass is 9.85. The number of aryl methyl sites for hydroxylation is 4. The van der Waals surface area contributed by atoms with Gasteiger partial charge in [-0.3, -0.25) is 4.89 Å². The largest absolute Gasteiger partial charge is 0.584 e. The number of phosphoric acid groups is 1. The molecule has 0 aromatic heterocycles. The van der Waals surface area contributed by atoms with Crippen molar-refractivity contribution >= 4 is 7.82 Å². The highest BCUT2D eigenvalue weighted by Crippen LogP contribution is 2.54.